The molecule has 0 bridgehead atoms. The van der Waals surface area contributed by atoms with Gasteiger partial charge >= 0.3 is 0 Å². The average Bonchev–Trinajstić information content (AvgIpc) is 3.11. The van der Waals surface area contributed by atoms with Gasteiger partial charge in [-0.05, 0) is 34.6 Å². The Balaban J connectivity index is 1.90. The van der Waals surface area contributed by atoms with E-state index in [9.17, 15) is 4.79 Å². The molecule has 25 heavy (non-hydrogen) atoms. The van der Waals surface area contributed by atoms with Crippen LogP contribution in [0.3, 0.4) is 0 Å². The molecule has 0 fully saturated rings. The van der Waals surface area contributed by atoms with Crippen LogP contribution in [0.4, 0.5) is 0 Å². The van der Waals surface area contributed by atoms with Crippen molar-refractivity contribution in [3.8, 4) is 0 Å². The number of thioether (sulfide) groups is 1. The lowest BCUT2D eigenvalue weighted by molar-refractivity contribution is 0.0706. The Labute approximate surface area is 152 Å². The second kappa shape index (κ2) is 7.76. The van der Waals surface area contributed by atoms with E-state index < -0.39 is 5.91 Å². The maximum Gasteiger partial charge on any atom is 0.274 e. The van der Waals surface area contributed by atoms with Gasteiger partial charge in [-0.1, -0.05) is 56.3 Å². The number of benzene rings is 2. The molecule has 2 unspecified atom stereocenters. The zero-order chi connectivity index (χ0) is 17.8. The molecule has 1 heterocycles. The highest BCUT2D eigenvalue weighted by molar-refractivity contribution is 8.02. The molecular weight excluding hydrogens is 332 g/mol. The summed E-state index contributed by atoms with van der Waals surface area (Å²) in [6.07, 6.45) is 2.15. The molecule has 2 aromatic carbocycles. The molecule has 4 nitrogen and oxygen atoms in total. The molecule has 3 rings (SSSR count). The highest BCUT2D eigenvalue weighted by atomic mass is 32.2. The van der Waals surface area contributed by atoms with Crippen molar-refractivity contribution >= 4 is 17.7 Å². The average molecular weight is 354 g/mol. The summed E-state index contributed by atoms with van der Waals surface area (Å²) in [6.45, 7) is 4.41. The highest BCUT2D eigenvalue weighted by Crippen LogP contribution is 2.45. The second-order valence-corrected chi connectivity index (χ2v) is 7.37. The number of hydroxylamine groups is 1. The maximum absolute atomic E-state index is 11.5. The van der Waals surface area contributed by atoms with Gasteiger partial charge in [0.1, 0.15) is 5.37 Å². The van der Waals surface area contributed by atoms with Crippen LogP contribution < -0.4 is 5.48 Å². The van der Waals surface area contributed by atoms with E-state index in [0.717, 1.165) is 5.56 Å². The molecule has 2 aromatic rings. The summed E-state index contributed by atoms with van der Waals surface area (Å²) >= 11 is 1.80. The van der Waals surface area contributed by atoms with E-state index >= 15 is 0 Å². The summed E-state index contributed by atoms with van der Waals surface area (Å²) in [7, 11) is 0. The molecule has 1 aliphatic rings. The SMILES string of the molecule is CC(C)C(c1ccc(C(=O)NO)cc1)N1C=CSC1c1ccccc1. The molecule has 0 radical (unpaired) electrons. The van der Waals surface area contributed by atoms with Crippen molar-refractivity contribution in [3.63, 3.8) is 0 Å². The zero-order valence-corrected chi connectivity index (χ0v) is 15.1. The predicted octanol–water partition coefficient (Wildman–Crippen LogP) is 4.72. The number of rotatable bonds is 5. The number of nitrogens with zero attached hydrogens (tertiary/aromatic N) is 1. The van der Waals surface area contributed by atoms with Gasteiger partial charge in [0.2, 0.25) is 0 Å². The van der Waals surface area contributed by atoms with Crippen molar-refractivity contribution in [3.05, 3.63) is 82.9 Å². The van der Waals surface area contributed by atoms with Crippen molar-refractivity contribution < 1.29 is 10.0 Å². The molecular formula is C20H22N2O2S. The molecule has 1 amide bonds. The fraction of sp³-hybridized carbons (Fsp3) is 0.250. The summed E-state index contributed by atoms with van der Waals surface area (Å²) in [5.74, 6) is -0.0986. The number of hydrogen-bond donors (Lipinski definition) is 2. The van der Waals surface area contributed by atoms with E-state index in [1.807, 2.05) is 18.2 Å². The summed E-state index contributed by atoms with van der Waals surface area (Å²) in [6, 6.07) is 18.1. The summed E-state index contributed by atoms with van der Waals surface area (Å²) < 4.78 is 0. The van der Waals surface area contributed by atoms with Gasteiger partial charge in [0.15, 0.2) is 0 Å². The van der Waals surface area contributed by atoms with E-state index in [1.54, 1.807) is 29.4 Å². The van der Waals surface area contributed by atoms with E-state index in [4.69, 9.17) is 5.21 Å². The molecule has 5 heteroatoms. The first-order valence-corrected chi connectivity index (χ1v) is 9.25. The monoisotopic (exact) mass is 354 g/mol. The number of hydrogen-bond acceptors (Lipinski definition) is 4. The fourth-order valence-corrected chi connectivity index (χ4v) is 4.25. The van der Waals surface area contributed by atoms with Crippen LogP contribution in [0, 0.1) is 5.92 Å². The van der Waals surface area contributed by atoms with E-state index in [1.165, 1.54) is 5.56 Å². The van der Waals surface area contributed by atoms with E-state index in [-0.39, 0.29) is 11.4 Å². The molecule has 2 atom stereocenters. The molecule has 1 aliphatic heterocycles. The van der Waals surface area contributed by atoms with Gasteiger partial charge in [-0.25, -0.2) is 5.48 Å². The maximum atomic E-state index is 11.5. The number of amides is 1. The van der Waals surface area contributed by atoms with Crippen LogP contribution in [-0.4, -0.2) is 16.0 Å². The van der Waals surface area contributed by atoms with E-state index in [0.29, 0.717) is 11.5 Å². The number of carbonyl (C=O) groups is 1. The van der Waals surface area contributed by atoms with Crippen molar-refractivity contribution in [2.75, 3.05) is 0 Å². The zero-order valence-electron chi connectivity index (χ0n) is 14.3. The van der Waals surface area contributed by atoms with Crippen molar-refractivity contribution in [1.29, 1.82) is 0 Å². The van der Waals surface area contributed by atoms with Crippen molar-refractivity contribution in [1.82, 2.24) is 10.4 Å². The van der Waals surface area contributed by atoms with Crippen LogP contribution in [0.15, 0.2) is 66.2 Å². The molecule has 0 saturated carbocycles. The first-order chi connectivity index (χ1) is 12.1. The van der Waals surface area contributed by atoms with Crippen LogP contribution in [0.1, 0.15) is 46.7 Å². The Bertz CT molecular complexity index is 744. The van der Waals surface area contributed by atoms with Gasteiger partial charge in [-0.15, -0.1) is 11.8 Å². The van der Waals surface area contributed by atoms with Gasteiger partial charge in [-0.3, -0.25) is 10.0 Å². The van der Waals surface area contributed by atoms with Crippen molar-refractivity contribution in [2.45, 2.75) is 25.3 Å². The largest absolute Gasteiger partial charge is 0.354 e. The molecule has 0 saturated heterocycles. The standard InChI is InChI=1S/C20H22N2O2S/c1-14(2)18(15-8-10-16(11-9-15)19(23)21-24)22-12-13-25-20(22)17-6-4-3-5-7-17/h3-14,18,20,24H,1-2H3,(H,21,23). The Morgan fingerprint density at radius 3 is 2.40 bits per heavy atom. The smallest absolute Gasteiger partial charge is 0.274 e. The topological polar surface area (TPSA) is 52.6 Å². The third-order valence-corrected chi connectivity index (χ3v) is 5.42. The van der Waals surface area contributed by atoms with Crippen molar-refractivity contribution in [2.24, 2.45) is 5.92 Å². The third-order valence-electron chi connectivity index (χ3n) is 4.36. The van der Waals surface area contributed by atoms with Crippen LogP contribution in [-0.2, 0) is 0 Å². The lowest BCUT2D eigenvalue weighted by Crippen LogP contribution is -2.28. The molecule has 0 spiro atoms. The lowest BCUT2D eigenvalue weighted by Gasteiger charge is -2.36. The Morgan fingerprint density at radius 2 is 1.80 bits per heavy atom. The molecule has 2 N–H and O–H groups in total. The normalized spacial score (nSPS) is 17.8. The van der Waals surface area contributed by atoms with Crippen LogP contribution in [0.2, 0.25) is 0 Å². The Morgan fingerprint density at radius 1 is 1.12 bits per heavy atom. The summed E-state index contributed by atoms with van der Waals surface area (Å²) in [5, 5.41) is 11.2. The quantitative estimate of drug-likeness (QED) is 0.602. The van der Waals surface area contributed by atoms with E-state index in [2.05, 4.69) is 54.6 Å². The van der Waals surface area contributed by atoms with Gasteiger partial charge in [0, 0.05) is 11.8 Å². The Kier molecular flexibility index (Phi) is 5.46. The van der Waals surface area contributed by atoms with Gasteiger partial charge in [0.25, 0.3) is 5.91 Å². The summed E-state index contributed by atoms with van der Waals surface area (Å²) in [5.41, 5.74) is 4.54. The molecule has 0 aromatic heterocycles. The number of nitrogens with one attached hydrogen (secondary N) is 1. The van der Waals surface area contributed by atoms with Gasteiger partial charge < -0.3 is 4.90 Å². The minimum absolute atomic E-state index is 0.197. The first-order valence-electron chi connectivity index (χ1n) is 8.30. The molecule has 0 aliphatic carbocycles. The van der Waals surface area contributed by atoms with Crippen LogP contribution >= 0.6 is 11.8 Å². The third kappa shape index (κ3) is 3.72. The Hall–Kier alpha value is -2.24. The second-order valence-electron chi connectivity index (χ2n) is 6.38. The fourth-order valence-electron chi connectivity index (χ4n) is 3.23. The lowest BCUT2D eigenvalue weighted by atomic mass is 9.93. The first kappa shape index (κ1) is 17.6. The summed E-state index contributed by atoms with van der Waals surface area (Å²) in [4.78, 5) is 13.9. The molecule has 130 valence electrons. The van der Waals surface area contributed by atoms with Crippen LogP contribution in [0.25, 0.3) is 0 Å². The van der Waals surface area contributed by atoms with Crippen LogP contribution in [0.5, 0.6) is 0 Å². The number of carbonyl (C=O) groups excluding carboxylic acids is 1. The predicted molar refractivity (Wildman–Crippen MR) is 101 cm³/mol. The van der Waals surface area contributed by atoms with Gasteiger partial charge in [-0.2, -0.15) is 0 Å². The minimum atomic E-state index is -0.494. The van der Waals surface area contributed by atoms with Gasteiger partial charge in [0.05, 0.1) is 6.04 Å². The minimum Gasteiger partial charge on any atom is -0.354 e. The highest BCUT2D eigenvalue weighted by Gasteiger charge is 2.31.